The molecule has 22 heavy (non-hydrogen) atoms. The fourth-order valence-electron chi connectivity index (χ4n) is 1.92. The SMILES string of the molecule is CN(C)C(=O)c1ccc(C(=O)Nc2cccc(C=O)c2)cc1. The molecular formula is C17H16N2O3. The number of hydrogen-bond donors (Lipinski definition) is 1. The predicted octanol–water partition coefficient (Wildman–Crippen LogP) is 2.45. The summed E-state index contributed by atoms with van der Waals surface area (Å²) < 4.78 is 0. The molecule has 0 atom stereocenters. The zero-order valence-corrected chi connectivity index (χ0v) is 12.4. The van der Waals surface area contributed by atoms with E-state index in [4.69, 9.17) is 0 Å². The Balaban J connectivity index is 2.12. The van der Waals surface area contributed by atoms with Crippen molar-refractivity contribution in [3.05, 3.63) is 65.2 Å². The van der Waals surface area contributed by atoms with E-state index in [1.165, 1.54) is 4.90 Å². The van der Waals surface area contributed by atoms with E-state index in [1.54, 1.807) is 62.6 Å². The van der Waals surface area contributed by atoms with Gasteiger partial charge in [0.25, 0.3) is 11.8 Å². The van der Waals surface area contributed by atoms with Gasteiger partial charge in [0, 0.05) is 36.5 Å². The maximum atomic E-state index is 12.1. The molecule has 0 fully saturated rings. The van der Waals surface area contributed by atoms with Gasteiger partial charge in [0.1, 0.15) is 6.29 Å². The fourth-order valence-corrected chi connectivity index (χ4v) is 1.92. The van der Waals surface area contributed by atoms with Crippen molar-refractivity contribution < 1.29 is 14.4 Å². The molecule has 0 bridgehead atoms. The third kappa shape index (κ3) is 3.58. The van der Waals surface area contributed by atoms with Crippen LogP contribution in [-0.4, -0.2) is 37.1 Å². The number of amides is 2. The van der Waals surface area contributed by atoms with Gasteiger partial charge in [-0.25, -0.2) is 0 Å². The fraction of sp³-hybridized carbons (Fsp3) is 0.118. The molecule has 0 aliphatic rings. The van der Waals surface area contributed by atoms with E-state index in [-0.39, 0.29) is 11.8 Å². The Kier molecular flexibility index (Phi) is 4.68. The lowest BCUT2D eigenvalue weighted by atomic mass is 10.1. The van der Waals surface area contributed by atoms with E-state index in [0.717, 1.165) is 6.29 Å². The second kappa shape index (κ2) is 6.67. The zero-order chi connectivity index (χ0) is 16.1. The molecule has 0 saturated carbocycles. The smallest absolute Gasteiger partial charge is 0.255 e. The molecule has 0 aromatic heterocycles. The lowest BCUT2D eigenvalue weighted by molar-refractivity contribution is 0.0827. The Morgan fingerprint density at radius 2 is 1.64 bits per heavy atom. The van der Waals surface area contributed by atoms with E-state index in [0.29, 0.717) is 22.4 Å². The number of carbonyl (C=O) groups is 3. The highest BCUT2D eigenvalue weighted by molar-refractivity contribution is 6.05. The number of hydrogen-bond acceptors (Lipinski definition) is 3. The third-order valence-electron chi connectivity index (χ3n) is 3.08. The number of nitrogens with one attached hydrogen (secondary N) is 1. The van der Waals surface area contributed by atoms with Crippen LogP contribution in [0.1, 0.15) is 31.1 Å². The van der Waals surface area contributed by atoms with Crippen LogP contribution < -0.4 is 5.32 Å². The molecule has 0 aliphatic carbocycles. The van der Waals surface area contributed by atoms with Crippen LogP contribution in [0.4, 0.5) is 5.69 Å². The molecule has 5 heteroatoms. The average molecular weight is 296 g/mol. The molecule has 1 N–H and O–H groups in total. The van der Waals surface area contributed by atoms with Gasteiger partial charge in [0.2, 0.25) is 0 Å². The molecule has 0 saturated heterocycles. The van der Waals surface area contributed by atoms with Crippen molar-refractivity contribution in [3.8, 4) is 0 Å². The van der Waals surface area contributed by atoms with Gasteiger partial charge in [0.05, 0.1) is 0 Å². The number of benzene rings is 2. The van der Waals surface area contributed by atoms with Crippen LogP contribution in [0.2, 0.25) is 0 Å². The van der Waals surface area contributed by atoms with Gasteiger partial charge >= 0.3 is 0 Å². The summed E-state index contributed by atoms with van der Waals surface area (Å²) in [7, 11) is 3.34. The molecule has 0 spiro atoms. The van der Waals surface area contributed by atoms with Gasteiger partial charge in [-0.1, -0.05) is 12.1 Å². The zero-order valence-electron chi connectivity index (χ0n) is 12.4. The van der Waals surface area contributed by atoms with E-state index >= 15 is 0 Å². The summed E-state index contributed by atoms with van der Waals surface area (Å²) in [5, 5.41) is 2.71. The standard InChI is InChI=1S/C17H16N2O3/c1-19(2)17(22)14-8-6-13(7-9-14)16(21)18-15-5-3-4-12(10-15)11-20/h3-11H,1-2H3,(H,18,21). The Labute approximate surface area is 128 Å². The summed E-state index contributed by atoms with van der Waals surface area (Å²) in [4.78, 5) is 36.1. The highest BCUT2D eigenvalue weighted by atomic mass is 16.2. The third-order valence-corrected chi connectivity index (χ3v) is 3.08. The van der Waals surface area contributed by atoms with Crippen LogP contribution in [-0.2, 0) is 0 Å². The van der Waals surface area contributed by atoms with Crippen molar-refractivity contribution in [2.45, 2.75) is 0 Å². The Bertz CT molecular complexity index is 706. The Hall–Kier alpha value is -2.95. The van der Waals surface area contributed by atoms with E-state index in [1.807, 2.05) is 0 Å². The van der Waals surface area contributed by atoms with Crippen LogP contribution in [0.3, 0.4) is 0 Å². The minimum absolute atomic E-state index is 0.120. The number of nitrogens with zero attached hydrogens (tertiary/aromatic N) is 1. The molecule has 0 radical (unpaired) electrons. The molecule has 0 unspecified atom stereocenters. The summed E-state index contributed by atoms with van der Waals surface area (Å²) in [5.41, 5.74) is 1.99. The molecule has 2 amide bonds. The molecule has 2 aromatic carbocycles. The monoisotopic (exact) mass is 296 g/mol. The maximum absolute atomic E-state index is 12.1. The molecule has 112 valence electrons. The lowest BCUT2D eigenvalue weighted by Gasteiger charge is -2.10. The molecule has 2 rings (SSSR count). The normalized spacial score (nSPS) is 9.91. The average Bonchev–Trinajstić information content (AvgIpc) is 2.54. The highest BCUT2D eigenvalue weighted by Gasteiger charge is 2.10. The van der Waals surface area contributed by atoms with Crippen LogP contribution in [0.5, 0.6) is 0 Å². The maximum Gasteiger partial charge on any atom is 0.255 e. The van der Waals surface area contributed by atoms with Gasteiger partial charge in [-0.05, 0) is 36.4 Å². The van der Waals surface area contributed by atoms with Gasteiger partial charge in [-0.2, -0.15) is 0 Å². The largest absolute Gasteiger partial charge is 0.345 e. The first-order valence-corrected chi connectivity index (χ1v) is 6.69. The van der Waals surface area contributed by atoms with Crippen molar-refractivity contribution in [2.24, 2.45) is 0 Å². The summed E-state index contributed by atoms with van der Waals surface area (Å²) >= 11 is 0. The number of aldehydes is 1. The van der Waals surface area contributed by atoms with Crippen LogP contribution >= 0.6 is 0 Å². The van der Waals surface area contributed by atoms with Crippen LogP contribution in [0.25, 0.3) is 0 Å². The van der Waals surface area contributed by atoms with E-state index in [9.17, 15) is 14.4 Å². The van der Waals surface area contributed by atoms with Crippen molar-refractivity contribution >= 4 is 23.8 Å². The van der Waals surface area contributed by atoms with Crippen molar-refractivity contribution in [3.63, 3.8) is 0 Å². The van der Waals surface area contributed by atoms with Crippen LogP contribution in [0.15, 0.2) is 48.5 Å². The first kappa shape index (κ1) is 15.4. The Morgan fingerprint density at radius 1 is 1.00 bits per heavy atom. The summed E-state index contributed by atoms with van der Waals surface area (Å²) in [6, 6.07) is 13.1. The molecule has 5 nitrogen and oxygen atoms in total. The van der Waals surface area contributed by atoms with Gasteiger partial charge in [0.15, 0.2) is 0 Å². The van der Waals surface area contributed by atoms with E-state index < -0.39 is 0 Å². The van der Waals surface area contributed by atoms with Crippen molar-refractivity contribution in [2.75, 3.05) is 19.4 Å². The second-order valence-corrected chi connectivity index (χ2v) is 4.97. The first-order valence-electron chi connectivity index (χ1n) is 6.69. The molecular weight excluding hydrogens is 280 g/mol. The quantitative estimate of drug-likeness (QED) is 0.881. The molecule has 2 aromatic rings. The van der Waals surface area contributed by atoms with Gasteiger partial charge in [-0.15, -0.1) is 0 Å². The molecule has 0 aliphatic heterocycles. The number of rotatable bonds is 4. The van der Waals surface area contributed by atoms with Crippen molar-refractivity contribution in [1.82, 2.24) is 4.90 Å². The highest BCUT2D eigenvalue weighted by Crippen LogP contribution is 2.12. The summed E-state index contributed by atoms with van der Waals surface area (Å²) in [6.45, 7) is 0. The second-order valence-electron chi connectivity index (χ2n) is 4.97. The summed E-state index contributed by atoms with van der Waals surface area (Å²) in [5.74, 6) is -0.419. The lowest BCUT2D eigenvalue weighted by Crippen LogP contribution is -2.21. The molecule has 0 heterocycles. The Morgan fingerprint density at radius 3 is 2.23 bits per heavy atom. The van der Waals surface area contributed by atoms with Crippen molar-refractivity contribution in [1.29, 1.82) is 0 Å². The first-order chi connectivity index (χ1) is 10.5. The van der Waals surface area contributed by atoms with E-state index in [2.05, 4.69) is 5.32 Å². The van der Waals surface area contributed by atoms with Gasteiger partial charge in [-0.3, -0.25) is 14.4 Å². The topological polar surface area (TPSA) is 66.5 Å². The van der Waals surface area contributed by atoms with Gasteiger partial charge < -0.3 is 10.2 Å². The predicted molar refractivity (Wildman–Crippen MR) is 84.2 cm³/mol. The minimum atomic E-state index is -0.299. The number of carbonyl (C=O) groups excluding carboxylic acids is 3. The van der Waals surface area contributed by atoms with Crippen LogP contribution in [0, 0.1) is 0 Å². The summed E-state index contributed by atoms with van der Waals surface area (Å²) in [6.07, 6.45) is 0.720. The number of anilines is 1. The minimum Gasteiger partial charge on any atom is -0.345 e.